The molecule has 1 aromatic heterocycles. The lowest BCUT2D eigenvalue weighted by molar-refractivity contribution is -0.672. The van der Waals surface area contributed by atoms with Crippen molar-refractivity contribution in [1.29, 1.82) is 0 Å². The molecular formula is C17H12BrN2O3+. The molecule has 3 rings (SSSR count). The Morgan fingerprint density at radius 2 is 1.78 bits per heavy atom. The highest BCUT2D eigenvalue weighted by atomic mass is 79.9. The zero-order chi connectivity index (χ0) is 16.2. The van der Waals surface area contributed by atoms with Gasteiger partial charge in [-0.1, -0.05) is 52.3 Å². The van der Waals surface area contributed by atoms with Crippen LogP contribution in [0, 0.1) is 0 Å². The molecule has 1 N–H and O–H groups in total. The van der Waals surface area contributed by atoms with Crippen LogP contribution >= 0.6 is 15.9 Å². The number of aromatic nitrogens is 2. The number of benzene rings is 2. The van der Waals surface area contributed by atoms with Gasteiger partial charge in [0.1, 0.15) is 0 Å². The number of halogens is 1. The van der Waals surface area contributed by atoms with Gasteiger partial charge in [0.2, 0.25) is 5.69 Å². The van der Waals surface area contributed by atoms with Gasteiger partial charge >= 0.3 is 11.3 Å². The molecule has 0 aliphatic carbocycles. The summed E-state index contributed by atoms with van der Waals surface area (Å²) in [6.45, 7) is 0. The first kappa shape index (κ1) is 15.2. The van der Waals surface area contributed by atoms with Gasteiger partial charge in [-0.25, -0.2) is 4.79 Å². The van der Waals surface area contributed by atoms with Crippen LogP contribution in [0.3, 0.4) is 0 Å². The molecule has 6 heteroatoms. The Balaban J connectivity index is 1.93. The van der Waals surface area contributed by atoms with Crippen molar-refractivity contribution in [3.05, 3.63) is 86.8 Å². The van der Waals surface area contributed by atoms with E-state index in [1.54, 1.807) is 30.3 Å². The Labute approximate surface area is 140 Å². The third-order valence-electron chi connectivity index (χ3n) is 3.19. The fourth-order valence-electron chi connectivity index (χ4n) is 2.07. The predicted molar refractivity (Wildman–Crippen MR) is 88.4 cm³/mol. The minimum atomic E-state index is -0.709. The highest BCUT2D eigenvalue weighted by molar-refractivity contribution is 9.10. The first-order chi connectivity index (χ1) is 11.1. The van der Waals surface area contributed by atoms with E-state index in [0.29, 0.717) is 5.69 Å². The smallest absolute Gasteiger partial charge is 0.282 e. The highest BCUT2D eigenvalue weighted by Crippen LogP contribution is 2.11. The third-order valence-corrected chi connectivity index (χ3v) is 3.72. The molecule has 2 aromatic carbocycles. The van der Waals surface area contributed by atoms with E-state index in [1.165, 1.54) is 10.8 Å². The third kappa shape index (κ3) is 3.37. The highest BCUT2D eigenvalue weighted by Gasteiger charge is 2.28. The number of hydrogen-bond donors (Lipinski definition) is 1. The lowest BCUT2D eigenvalue weighted by atomic mass is 10.2. The summed E-state index contributed by atoms with van der Waals surface area (Å²) in [5, 5.41) is 2.45. The van der Waals surface area contributed by atoms with Gasteiger partial charge in [0.25, 0.3) is 5.78 Å². The van der Waals surface area contributed by atoms with Crippen molar-refractivity contribution in [2.45, 2.75) is 0 Å². The maximum atomic E-state index is 12.4. The van der Waals surface area contributed by atoms with Crippen molar-refractivity contribution in [3.63, 3.8) is 0 Å². The molecule has 5 nitrogen and oxygen atoms in total. The van der Waals surface area contributed by atoms with E-state index in [9.17, 15) is 9.59 Å². The summed E-state index contributed by atoms with van der Waals surface area (Å²) in [5.41, 5.74) is 0.704. The summed E-state index contributed by atoms with van der Waals surface area (Å²) in [6, 6.07) is 16.5. The van der Waals surface area contributed by atoms with Crippen molar-refractivity contribution < 1.29 is 14.0 Å². The standard InChI is InChI=1S/C17H11BrN2O3/c18-13-9-6-12(7-10-13)8-11-15(21)16-17(22)23-19-20(16)14-4-2-1-3-5-14/h1-11H/p+1/b11-8+. The average molecular weight is 372 g/mol. The molecule has 0 saturated heterocycles. The van der Waals surface area contributed by atoms with Gasteiger partial charge in [-0.15, -0.1) is 0 Å². The Kier molecular flexibility index (Phi) is 4.34. The number of allylic oxidation sites excluding steroid dienone is 1. The number of ketones is 1. The number of carbonyl (C=O) groups is 1. The summed E-state index contributed by atoms with van der Waals surface area (Å²) >= 11 is 3.35. The van der Waals surface area contributed by atoms with Crippen LogP contribution in [-0.2, 0) is 0 Å². The van der Waals surface area contributed by atoms with Crippen LogP contribution in [0.25, 0.3) is 11.8 Å². The Morgan fingerprint density at radius 1 is 1.09 bits per heavy atom. The number of H-pyrrole nitrogens is 1. The summed E-state index contributed by atoms with van der Waals surface area (Å²) < 4.78 is 7.04. The molecule has 0 amide bonds. The molecule has 114 valence electrons. The largest absolute Gasteiger partial charge is 0.439 e. The molecule has 23 heavy (non-hydrogen) atoms. The van der Waals surface area contributed by atoms with Gasteiger partial charge in [0.15, 0.2) is 0 Å². The van der Waals surface area contributed by atoms with Crippen LogP contribution in [0.15, 0.2) is 74.5 Å². The zero-order valence-corrected chi connectivity index (χ0v) is 13.5. The van der Waals surface area contributed by atoms with E-state index >= 15 is 0 Å². The van der Waals surface area contributed by atoms with E-state index < -0.39 is 11.4 Å². The molecule has 0 unspecified atom stereocenters. The number of carbonyl (C=O) groups excluding carboxylic acids is 1. The van der Waals surface area contributed by atoms with Crippen molar-refractivity contribution >= 4 is 27.8 Å². The van der Waals surface area contributed by atoms with Gasteiger partial charge in [-0.05, 0) is 33.7 Å². The monoisotopic (exact) mass is 371 g/mol. The zero-order valence-electron chi connectivity index (χ0n) is 11.9. The molecule has 0 radical (unpaired) electrons. The van der Waals surface area contributed by atoms with E-state index in [-0.39, 0.29) is 5.69 Å². The normalized spacial score (nSPS) is 11.0. The van der Waals surface area contributed by atoms with Crippen molar-refractivity contribution in [1.82, 2.24) is 5.27 Å². The van der Waals surface area contributed by atoms with Crippen LogP contribution in [0.4, 0.5) is 0 Å². The predicted octanol–water partition coefficient (Wildman–Crippen LogP) is 2.90. The van der Waals surface area contributed by atoms with Gasteiger partial charge in [0.05, 0.1) is 0 Å². The maximum Gasteiger partial charge on any atom is 0.439 e. The molecule has 0 aliphatic heterocycles. The number of nitrogens with zero attached hydrogens (tertiary/aromatic N) is 1. The first-order valence-electron chi connectivity index (χ1n) is 6.82. The Bertz CT molecular complexity index is 909. The second-order valence-corrected chi connectivity index (χ2v) is 5.67. The SMILES string of the molecule is O=C(/C=C/c1ccc(Br)cc1)c1c(=O)o[nH][n+]1-c1ccccc1. The van der Waals surface area contributed by atoms with Gasteiger partial charge in [-0.2, -0.15) is 0 Å². The fourth-order valence-corrected chi connectivity index (χ4v) is 2.33. The fraction of sp³-hybridized carbons (Fsp3) is 0. The van der Waals surface area contributed by atoms with E-state index in [0.717, 1.165) is 10.0 Å². The maximum absolute atomic E-state index is 12.4. The number of para-hydroxylation sites is 1. The summed E-state index contributed by atoms with van der Waals surface area (Å²) in [5.74, 6) is -0.438. The number of hydrogen-bond acceptors (Lipinski definition) is 3. The minimum absolute atomic E-state index is 0.0791. The Hall–Kier alpha value is -2.73. The van der Waals surface area contributed by atoms with Gasteiger partial charge < -0.3 is 0 Å². The van der Waals surface area contributed by atoms with Crippen LogP contribution in [0.2, 0.25) is 0 Å². The number of rotatable bonds is 4. The van der Waals surface area contributed by atoms with Crippen LogP contribution in [-0.4, -0.2) is 11.1 Å². The van der Waals surface area contributed by atoms with Gasteiger partial charge in [0, 0.05) is 16.6 Å². The van der Waals surface area contributed by atoms with Crippen LogP contribution in [0.5, 0.6) is 0 Å². The quantitative estimate of drug-likeness (QED) is 0.435. The molecule has 0 spiro atoms. The molecular weight excluding hydrogens is 360 g/mol. The van der Waals surface area contributed by atoms with Crippen molar-refractivity contribution in [2.24, 2.45) is 0 Å². The van der Waals surface area contributed by atoms with E-state index in [1.807, 2.05) is 30.3 Å². The second-order valence-electron chi connectivity index (χ2n) is 4.75. The Morgan fingerprint density at radius 3 is 2.48 bits per heavy atom. The molecule has 0 saturated carbocycles. The summed E-state index contributed by atoms with van der Waals surface area (Å²) in [7, 11) is 0. The lowest BCUT2D eigenvalue weighted by Crippen LogP contribution is -2.40. The summed E-state index contributed by atoms with van der Waals surface area (Å²) in [6.07, 6.45) is 3.00. The summed E-state index contributed by atoms with van der Waals surface area (Å²) in [4.78, 5) is 24.2. The molecule has 0 bridgehead atoms. The lowest BCUT2D eigenvalue weighted by Gasteiger charge is -1.93. The molecule has 0 atom stereocenters. The second kappa shape index (κ2) is 6.58. The molecule has 1 heterocycles. The number of aromatic amines is 1. The molecule has 0 fully saturated rings. The number of nitrogens with one attached hydrogen (secondary N) is 1. The van der Waals surface area contributed by atoms with Crippen molar-refractivity contribution in [3.8, 4) is 5.69 Å². The van der Waals surface area contributed by atoms with Crippen LogP contribution in [0.1, 0.15) is 16.1 Å². The van der Waals surface area contributed by atoms with Crippen LogP contribution < -0.4 is 10.3 Å². The van der Waals surface area contributed by atoms with Crippen molar-refractivity contribution in [2.75, 3.05) is 0 Å². The average Bonchev–Trinajstić information content (AvgIpc) is 2.96. The van der Waals surface area contributed by atoms with E-state index in [2.05, 4.69) is 21.2 Å². The van der Waals surface area contributed by atoms with E-state index in [4.69, 9.17) is 4.52 Å². The minimum Gasteiger partial charge on any atom is -0.282 e. The molecule has 0 aliphatic rings. The molecule has 3 aromatic rings. The topological polar surface area (TPSA) is 67.0 Å². The van der Waals surface area contributed by atoms with Gasteiger partial charge in [-0.3, -0.25) is 9.32 Å². The first-order valence-corrected chi connectivity index (χ1v) is 7.61.